The molecule has 2 heteroatoms. The Morgan fingerprint density at radius 2 is 1.88 bits per heavy atom. The smallest absolute Gasteiger partial charge is 0.311 e. The topological polar surface area (TPSA) is 26.3 Å². The molecule has 0 heterocycles. The molecule has 16 heavy (non-hydrogen) atoms. The van der Waals surface area contributed by atoms with Crippen molar-refractivity contribution in [3.8, 4) is 0 Å². The van der Waals surface area contributed by atoms with Gasteiger partial charge in [-0.15, -0.1) is 0 Å². The maximum atomic E-state index is 11.6. The van der Waals surface area contributed by atoms with Crippen molar-refractivity contribution in [3.63, 3.8) is 0 Å². The minimum atomic E-state index is -0.433. The Morgan fingerprint density at radius 3 is 2.44 bits per heavy atom. The average Bonchev–Trinajstić information content (AvgIpc) is 2.18. The molecule has 0 saturated carbocycles. The summed E-state index contributed by atoms with van der Waals surface area (Å²) in [6.45, 7) is 10.1. The van der Waals surface area contributed by atoms with E-state index in [0.717, 1.165) is 5.56 Å². The van der Waals surface area contributed by atoms with Crippen molar-refractivity contribution < 1.29 is 9.53 Å². The molecule has 0 aliphatic rings. The summed E-state index contributed by atoms with van der Waals surface area (Å²) in [5.41, 5.74) is 3.07. The van der Waals surface area contributed by atoms with Gasteiger partial charge in [-0.1, -0.05) is 18.2 Å². The van der Waals surface area contributed by atoms with Crippen molar-refractivity contribution >= 4 is 5.97 Å². The molecule has 0 amide bonds. The number of carbonyl (C=O) groups is 1. The summed E-state index contributed by atoms with van der Waals surface area (Å²) in [7, 11) is 0. The van der Waals surface area contributed by atoms with Gasteiger partial charge in [-0.05, 0) is 51.3 Å². The molecule has 0 N–H and O–H groups in total. The summed E-state index contributed by atoms with van der Waals surface area (Å²) in [6, 6.07) is 6.05. The van der Waals surface area contributed by atoms with Gasteiger partial charge in [0.25, 0.3) is 0 Å². The van der Waals surface area contributed by atoms with Crippen LogP contribution in [0.1, 0.15) is 37.5 Å². The molecule has 0 aromatic heterocycles. The molecule has 1 rings (SSSR count). The molecule has 1 aromatic carbocycles. The summed E-state index contributed by atoms with van der Waals surface area (Å²) < 4.78 is 5.29. The molecule has 0 radical (unpaired) electrons. The second kappa shape index (κ2) is 4.69. The third-order valence-corrected chi connectivity index (χ3v) is 2.69. The first-order valence-electron chi connectivity index (χ1n) is 5.54. The van der Waals surface area contributed by atoms with E-state index in [4.69, 9.17) is 4.74 Å². The summed E-state index contributed by atoms with van der Waals surface area (Å²) >= 11 is 0. The quantitative estimate of drug-likeness (QED) is 0.714. The molecular formula is C14H20O2. The molecule has 0 bridgehead atoms. The second-order valence-corrected chi connectivity index (χ2v) is 5.19. The van der Waals surface area contributed by atoms with Crippen LogP contribution in [0.5, 0.6) is 0 Å². The minimum absolute atomic E-state index is 0.159. The maximum absolute atomic E-state index is 11.6. The van der Waals surface area contributed by atoms with Crippen LogP contribution in [-0.2, 0) is 16.1 Å². The zero-order valence-corrected chi connectivity index (χ0v) is 10.8. The molecule has 1 aromatic rings. The van der Waals surface area contributed by atoms with Crippen LogP contribution >= 0.6 is 0 Å². The molecule has 0 atom stereocenters. The molecule has 0 aliphatic heterocycles. The summed E-state index contributed by atoms with van der Waals surface area (Å²) in [6.07, 6.45) is 0. The van der Waals surface area contributed by atoms with Gasteiger partial charge in [-0.3, -0.25) is 4.79 Å². The largest absolute Gasteiger partial charge is 0.460 e. The van der Waals surface area contributed by atoms with Crippen molar-refractivity contribution in [2.75, 3.05) is 0 Å². The van der Waals surface area contributed by atoms with E-state index < -0.39 is 5.41 Å². The van der Waals surface area contributed by atoms with Gasteiger partial charge in [0, 0.05) is 0 Å². The summed E-state index contributed by atoms with van der Waals surface area (Å²) in [5.74, 6) is -0.159. The van der Waals surface area contributed by atoms with Crippen molar-refractivity contribution in [2.24, 2.45) is 5.41 Å². The van der Waals surface area contributed by atoms with Crippen molar-refractivity contribution in [1.29, 1.82) is 0 Å². The molecule has 2 nitrogen and oxygen atoms in total. The monoisotopic (exact) mass is 220 g/mol. The molecule has 0 aliphatic carbocycles. The number of esters is 1. The lowest BCUT2D eigenvalue weighted by Gasteiger charge is -2.17. The molecule has 0 unspecified atom stereocenters. The highest BCUT2D eigenvalue weighted by Crippen LogP contribution is 2.18. The number of ether oxygens (including phenoxy) is 1. The van der Waals surface area contributed by atoms with E-state index in [9.17, 15) is 4.79 Å². The van der Waals surface area contributed by atoms with E-state index in [1.165, 1.54) is 11.1 Å². The predicted molar refractivity (Wildman–Crippen MR) is 65.2 cm³/mol. The first-order valence-corrected chi connectivity index (χ1v) is 5.54. The van der Waals surface area contributed by atoms with Crippen LogP contribution in [0.3, 0.4) is 0 Å². The Kier molecular flexibility index (Phi) is 3.74. The van der Waals surface area contributed by atoms with Gasteiger partial charge in [0.1, 0.15) is 6.61 Å². The number of hydrogen-bond acceptors (Lipinski definition) is 2. The molecule has 88 valence electrons. The highest BCUT2D eigenvalue weighted by Gasteiger charge is 2.23. The van der Waals surface area contributed by atoms with Crippen molar-refractivity contribution in [3.05, 3.63) is 34.9 Å². The molecule has 0 fully saturated rings. The molecular weight excluding hydrogens is 200 g/mol. The first-order chi connectivity index (χ1) is 7.32. The highest BCUT2D eigenvalue weighted by atomic mass is 16.5. The lowest BCUT2D eigenvalue weighted by Crippen LogP contribution is -2.22. The highest BCUT2D eigenvalue weighted by molar-refractivity contribution is 5.75. The van der Waals surface area contributed by atoms with Gasteiger partial charge < -0.3 is 4.74 Å². The van der Waals surface area contributed by atoms with Crippen LogP contribution in [-0.4, -0.2) is 5.97 Å². The lowest BCUT2D eigenvalue weighted by atomic mass is 9.97. The fourth-order valence-electron chi connectivity index (χ4n) is 1.33. The zero-order chi connectivity index (χ0) is 12.3. The van der Waals surface area contributed by atoms with Gasteiger partial charge in [0.2, 0.25) is 0 Å². The lowest BCUT2D eigenvalue weighted by molar-refractivity contribution is -0.154. The van der Waals surface area contributed by atoms with Gasteiger partial charge >= 0.3 is 5.97 Å². The van der Waals surface area contributed by atoms with Crippen LogP contribution in [0.4, 0.5) is 0 Å². The Labute approximate surface area is 97.6 Å². The Balaban J connectivity index is 2.69. The number of benzene rings is 1. The third kappa shape index (κ3) is 3.09. The van der Waals surface area contributed by atoms with Crippen LogP contribution < -0.4 is 0 Å². The van der Waals surface area contributed by atoms with Gasteiger partial charge in [0.15, 0.2) is 0 Å². The number of aryl methyl sites for hydroxylation is 1. The van der Waals surface area contributed by atoms with Crippen LogP contribution in [0.25, 0.3) is 0 Å². The number of hydrogen-bond donors (Lipinski definition) is 0. The SMILES string of the molecule is Cc1cccc(COC(=O)C(C)(C)C)c1C. The van der Waals surface area contributed by atoms with Crippen molar-refractivity contribution in [2.45, 2.75) is 41.2 Å². The minimum Gasteiger partial charge on any atom is -0.460 e. The standard InChI is InChI=1S/C14H20O2/c1-10-7-6-8-12(11(10)2)9-16-13(15)14(3,4)5/h6-8H,9H2,1-5H3. The van der Waals surface area contributed by atoms with Gasteiger partial charge in [-0.25, -0.2) is 0 Å². The van der Waals surface area contributed by atoms with E-state index in [1.54, 1.807) is 0 Å². The third-order valence-electron chi connectivity index (χ3n) is 2.69. The predicted octanol–water partition coefficient (Wildman–Crippen LogP) is 3.39. The molecule has 0 spiro atoms. The number of rotatable bonds is 2. The summed E-state index contributed by atoms with van der Waals surface area (Å²) in [5, 5.41) is 0. The van der Waals surface area contributed by atoms with E-state index in [1.807, 2.05) is 32.9 Å². The summed E-state index contributed by atoms with van der Waals surface area (Å²) in [4.78, 5) is 11.6. The molecule has 0 saturated heterocycles. The van der Waals surface area contributed by atoms with Gasteiger partial charge in [-0.2, -0.15) is 0 Å². The van der Waals surface area contributed by atoms with Gasteiger partial charge in [0.05, 0.1) is 5.41 Å². The number of carbonyl (C=O) groups excluding carboxylic acids is 1. The van der Waals surface area contributed by atoms with E-state index >= 15 is 0 Å². The Bertz CT molecular complexity index is 386. The fraction of sp³-hybridized carbons (Fsp3) is 0.500. The maximum Gasteiger partial charge on any atom is 0.311 e. The first kappa shape index (κ1) is 12.8. The van der Waals surface area contributed by atoms with Crippen LogP contribution in [0.15, 0.2) is 18.2 Å². The Hall–Kier alpha value is -1.31. The normalized spacial score (nSPS) is 11.3. The van der Waals surface area contributed by atoms with Crippen molar-refractivity contribution in [1.82, 2.24) is 0 Å². The second-order valence-electron chi connectivity index (χ2n) is 5.19. The Morgan fingerprint density at radius 1 is 1.25 bits per heavy atom. The fourth-order valence-corrected chi connectivity index (χ4v) is 1.33. The van der Waals surface area contributed by atoms with E-state index in [2.05, 4.69) is 19.9 Å². The van der Waals surface area contributed by atoms with E-state index in [-0.39, 0.29) is 5.97 Å². The van der Waals surface area contributed by atoms with Crippen LogP contribution in [0.2, 0.25) is 0 Å². The van der Waals surface area contributed by atoms with Crippen LogP contribution in [0, 0.1) is 19.3 Å². The zero-order valence-electron chi connectivity index (χ0n) is 10.8. The average molecular weight is 220 g/mol. The van der Waals surface area contributed by atoms with E-state index in [0.29, 0.717) is 6.61 Å².